The van der Waals surface area contributed by atoms with Crippen LogP contribution in [0.1, 0.15) is 48.8 Å². The highest BCUT2D eigenvalue weighted by atomic mass is 79.9. The molecule has 2 saturated carbocycles. The van der Waals surface area contributed by atoms with Crippen molar-refractivity contribution in [1.29, 1.82) is 0 Å². The molecule has 0 unspecified atom stereocenters. The highest BCUT2D eigenvalue weighted by Crippen LogP contribution is 2.49. The van der Waals surface area contributed by atoms with E-state index in [1.165, 1.54) is 19.3 Å². The van der Waals surface area contributed by atoms with Gasteiger partial charge in [0, 0.05) is 11.6 Å². The zero-order chi connectivity index (χ0) is 22.6. The Hall–Kier alpha value is -2.42. The summed E-state index contributed by atoms with van der Waals surface area (Å²) >= 11 is 3.29. The molecule has 2 bridgehead atoms. The number of benzene rings is 1. The van der Waals surface area contributed by atoms with E-state index in [0.29, 0.717) is 21.9 Å². The van der Waals surface area contributed by atoms with Crippen molar-refractivity contribution in [2.45, 2.75) is 44.8 Å². The molecule has 3 aromatic rings. The molecule has 32 heavy (non-hydrogen) atoms. The summed E-state index contributed by atoms with van der Waals surface area (Å²) in [6, 6.07) is 9.51. The van der Waals surface area contributed by atoms with E-state index in [1.807, 2.05) is 6.92 Å². The molecule has 2 aromatic heterocycles. The molecular weight excluding hydrogens is 485 g/mol. The minimum atomic E-state index is -4.67. The monoisotopic (exact) mass is 506 g/mol. The summed E-state index contributed by atoms with van der Waals surface area (Å²) in [5, 5.41) is 6.99. The second-order valence-electron chi connectivity index (χ2n) is 8.89. The lowest BCUT2D eigenvalue weighted by Gasteiger charge is -2.28. The fraction of sp³-hybridized carbons (Fsp3) is 0.435. The van der Waals surface area contributed by atoms with Gasteiger partial charge < -0.3 is 5.32 Å². The number of alkyl halides is 3. The highest BCUT2D eigenvalue weighted by molar-refractivity contribution is 9.10. The van der Waals surface area contributed by atoms with E-state index in [4.69, 9.17) is 0 Å². The third-order valence-electron chi connectivity index (χ3n) is 6.90. The molecule has 9 heteroatoms. The molecule has 1 N–H and O–H groups in total. The number of hydrogen-bond donors (Lipinski definition) is 1. The van der Waals surface area contributed by atoms with Crippen molar-refractivity contribution in [3.05, 3.63) is 52.3 Å². The molecule has 168 valence electrons. The van der Waals surface area contributed by atoms with Crippen LogP contribution >= 0.6 is 15.9 Å². The zero-order valence-corrected chi connectivity index (χ0v) is 18.9. The molecule has 0 spiro atoms. The number of rotatable bonds is 4. The molecule has 2 aliphatic rings. The van der Waals surface area contributed by atoms with Crippen molar-refractivity contribution in [1.82, 2.24) is 19.9 Å². The van der Waals surface area contributed by atoms with Gasteiger partial charge in [0.05, 0.1) is 10.2 Å². The molecule has 0 aliphatic heterocycles. The van der Waals surface area contributed by atoms with Crippen molar-refractivity contribution in [2.75, 3.05) is 0 Å². The first-order valence-electron chi connectivity index (χ1n) is 10.7. The van der Waals surface area contributed by atoms with Gasteiger partial charge in [0.2, 0.25) is 0 Å². The number of nitrogens with zero attached hydrogens (tertiary/aromatic N) is 3. The van der Waals surface area contributed by atoms with Gasteiger partial charge in [0.1, 0.15) is 0 Å². The van der Waals surface area contributed by atoms with Crippen LogP contribution in [0, 0.1) is 17.8 Å². The van der Waals surface area contributed by atoms with Gasteiger partial charge >= 0.3 is 6.18 Å². The van der Waals surface area contributed by atoms with Gasteiger partial charge in [-0.2, -0.15) is 18.3 Å². The summed E-state index contributed by atoms with van der Waals surface area (Å²) in [6.45, 7) is 1.97. The van der Waals surface area contributed by atoms with Gasteiger partial charge in [0.15, 0.2) is 17.0 Å². The van der Waals surface area contributed by atoms with E-state index >= 15 is 0 Å². The summed E-state index contributed by atoms with van der Waals surface area (Å²) in [6.07, 6.45) is 0.0905. The summed E-state index contributed by atoms with van der Waals surface area (Å²) in [7, 11) is 0. The summed E-state index contributed by atoms with van der Waals surface area (Å²) in [5.41, 5.74) is -0.417. The average Bonchev–Trinajstić information content (AvgIpc) is 3.48. The summed E-state index contributed by atoms with van der Waals surface area (Å²) < 4.78 is 42.4. The van der Waals surface area contributed by atoms with E-state index in [0.717, 1.165) is 18.4 Å². The first kappa shape index (κ1) is 21.4. The molecule has 0 radical (unpaired) electrons. The molecule has 4 atom stereocenters. The number of carbonyl (C=O) groups excluding carboxylic acids is 1. The van der Waals surface area contributed by atoms with Crippen LogP contribution in [0.15, 0.2) is 40.9 Å². The standard InChI is InChI=1S/C23H22BrF3N4O/c1-12(16-10-13-7-8-15(16)9-13)28-22(32)20-19(24)21-29-17(14-5-3-2-4-6-14)11-18(23(25,26)27)31(21)30-20/h2-6,11-13,15-16H,7-10H2,1H3,(H,28,32)/t12-,13+,15+,16+/m0/s1. The average molecular weight is 507 g/mol. The van der Waals surface area contributed by atoms with Crippen LogP contribution in [0.2, 0.25) is 0 Å². The van der Waals surface area contributed by atoms with E-state index in [2.05, 4.69) is 31.3 Å². The molecule has 1 aromatic carbocycles. The van der Waals surface area contributed by atoms with Crippen molar-refractivity contribution in [3.8, 4) is 11.3 Å². The van der Waals surface area contributed by atoms with Gasteiger partial charge in [-0.15, -0.1) is 0 Å². The van der Waals surface area contributed by atoms with Gasteiger partial charge in [-0.1, -0.05) is 36.8 Å². The highest BCUT2D eigenvalue weighted by Gasteiger charge is 2.42. The first-order chi connectivity index (χ1) is 15.2. The lowest BCUT2D eigenvalue weighted by Crippen LogP contribution is -2.40. The number of nitrogens with one attached hydrogen (secondary N) is 1. The number of aromatic nitrogens is 3. The normalized spacial score (nSPS) is 23.6. The van der Waals surface area contributed by atoms with Crippen LogP contribution in [0.3, 0.4) is 0 Å². The molecule has 5 nitrogen and oxygen atoms in total. The quantitative estimate of drug-likeness (QED) is 0.491. The molecule has 2 fully saturated rings. The maximum Gasteiger partial charge on any atom is 0.433 e. The Kier molecular flexibility index (Phi) is 5.27. The molecule has 1 amide bonds. The minimum absolute atomic E-state index is 0.0450. The van der Waals surface area contributed by atoms with E-state index in [-0.39, 0.29) is 27.5 Å². The lowest BCUT2D eigenvalue weighted by molar-refractivity contribution is -0.142. The van der Waals surface area contributed by atoms with Gasteiger partial charge in [0.25, 0.3) is 5.91 Å². The van der Waals surface area contributed by atoms with E-state index < -0.39 is 17.8 Å². The Bertz CT molecular complexity index is 1180. The van der Waals surface area contributed by atoms with Crippen LogP contribution in [-0.4, -0.2) is 26.5 Å². The van der Waals surface area contributed by atoms with Crippen molar-refractivity contribution in [2.24, 2.45) is 17.8 Å². The lowest BCUT2D eigenvalue weighted by atomic mass is 9.84. The smallest absolute Gasteiger partial charge is 0.348 e. The molecule has 2 heterocycles. The number of fused-ring (bicyclic) bond motifs is 3. The van der Waals surface area contributed by atoms with Crippen molar-refractivity contribution >= 4 is 27.5 Å². The fourth-order valence-electron chi connectivity index (χ4n) is 5.38. The van der Waals surface area contributed by atoms with Gasteiger partial charge in [-0.05, 0) is 65.9 Å². The van der Waals surface area contributed by atoms with E-state index in [1.54, 1.807) is 30.3 Å². The van der Waals surface area contributed by atoms with Crippen LogP contribution < -0.4 is 5.32 Å². The Morgan fingerprint density at radius 3 is 2.59 bits per heavy atom. The topological polar surface area (TPSA) is 59.3 Å². The van der Waals surface area contributed by atoms with Crippen molar-refractivity contribution < 1.29 is 18.0 Å². The second kappa shape index (κ2) is 7.86. The Morgan fingerprint density at radius 2 is 1.97 bits per heavy atom. The third kappa shape index (κ3) is 3.70. The fourth-order valence-corrected chi connectivity index (χ4v) is 5.90. The number of amides is 1. The Labute approximate surface area is 191 Å². The second-order valence-corrected chi connectivity index (χ2v) is 9.68. The number of carbonyl (C=O) groups is 1. The predicted molar refractivity (Wildman–Crippen MR) is 117 cm³/mol. The molecule has 5 rings (SSSR count). The van der Waals surface area contributed by atoms with Crippen LogP contribution in [0.25, 0.3) is 16.9 Å². The van der Waals surface area contributed by atoms with Crippen LogP contribution in [0.4, 0.5) is 13.2 Å². The van der Waals surface area contributed by atoms with Gasteiger partial charge in [-0.3, -0.25) is 4.79 Å². The SMILES string of the molecule is C[C@H](NC(=O)c1nn2c(C(F)(F)F)cc(-c3ccccc3)nc2c1Br)[C@H]1C[C@@H]2CC[C@@H]1C2. The maximum atomic E-state index is 13.9. The minimum Gasteiger partial charge on any atom is -0.348 e. The third-order valence-corrected chi connectivity index (χ3v) is 7.63. The van der Waals surface area contributed by atoms with Gasteiger partial charge in [-0.25, -0.2) is 9.50 Å². The van der Waals surface area contributed by atoms with E-state index in [9.17, 15) is 18.0 Å². The maximum absolute atomic E-state index is 13.9. The van der Waals surface area contributed by atoms with Crippen LogP contribution in [-0.2, 0) is 6.18 Å². The predicted octanol–water partition coefficient (Wildman–Crippen LogP) is 5.73. The molecular formula is C23H22BrF3N4O. The van der Waals surface area contributed by atoms with Crippen LogP contribution in [0.5, 0.6) is 0 Å². The first-order valence-corrected chi connectivity index (χ1v) is 11.5. The Balaban J connectivity index is 1.51. The Morgan fingerprint density at radius 1 is 1.22 bits per heavy atom. The zero-order valence-electron chi connectivity index (χ0n) is 17.4. The molecule has 2 aliphatic carbocycles. The largest absolute Gasteiger partial charge is 0.433 e. The summed E-state index contributed by atoms with van der Waals surface area (Å²) in [4.78, 5) is 17.4. The summed E-state index contributed by atoms with van der Waals surface area (Å²) in [5.74, 6) is 1.27. The number of hydrogen-bond acceptors (Lipinski definition) is 3. The molecule has 0 saturated heterocycles. The number of halogens is 4. The van der Waals surface area contributed by atoms with Crippen molar-refractivity contribution in [3.63, 3.8) is 0 Å².